The molecular weight excluding hydrogens is 430 g/mol. The van der Waals surface area contributed by atoms with Crippen molar-refractivity contribution in [3.63, 3.8) is 0 Å². The molecule has 0 spiro atoms. The van der Waals surface area contributed by atoms with Crippen LogP contribution in [0.3, 0.4) is 0 Å². The Hall–Kier alpha value is -3.21. The monoisotopic (exact) mass is 455 g/mol. The van der Waals surface area contributed by atoms with Gasteiger partial charge in [0, 0.05) is 26.0 Å². The number of carbonyl (C=O) groups excluding carboxylic acids is 1. The second-order valence-corrected chi connectivity index (χ2v) is 10.3. The highest BCUT2D eigenvalue weighted by atomic mass is 32.2. The van der Waals surface area contributed by atoms with Gasteiger partial charge in [-0.2, -0.15) is 10.1 Å². The summed E-state index contributed by atoms with van der Waals surface area (Å²) in [6, 6.07) is 3.69. The van der Waals surface area contributed by atoms with E-state index in [1.807, 2.05) is 0 Å². The number of aryl methyl sites for hydroxylation is 2. The first-order chi connectivity index (χ1) is 15.3. The van der Waals surface area contributed by atoms with Crippen molar-refractivity contribution in [2.24, 2.45) is 0 Å². The van der Waals surface area contributed by atoms with Crippen molar-refractivity contribution in [3.05, 3.63) is 40.6 Å². The summed E-state index contributed by atoms with van der Waals surface area (Å²) in [7, 11) is -0.737. The Morgan fingerprint density at radius 2 is 1.84 bits per heavy atom. The van der Waals surface area contributed by atoms with Gasteiger partial charge in [0.15, 0.2) is 5.03 Å². The van der Waals surface area contributed by atoms with E-state index in [1.165, 1.54) is 44.1 Å². The van der Waals surface area contributed by atoms with E-state index in [9.17, 15) is 13.2 Å². The first-order valence-electron chi connectivity index (χ1n) is 10.7. The van der Waals surface area contributed by atoms with E-state index in [1.54, 1.807) is 14.1 Å². The van der Waals surface area contributed by atoms with Crippen LogP contribution in [-0.2, 0) is 46.9 Å². The molecule has 10 nitrogen and oxygen atoms in total. The number of amides is 1. The van der Waals surface area contributed by atoms with Crippen molar-refractivity contribution < 1.29 is 13.2 Å². The Bertz CT molecular complexity index is 1270. The standard InChI is InChI=1S/C21H25N7O3S/c1-27(2)18(29)12-28-10-9-17(26-28)32(30,31)21-23-20(24-25-21)22-19-15-7-3-5-13(15)11-14-6-4-8-16(14)19/h9-11H,3-8,12H2,1-2H3,(H2,22,23,24,25). The van der Waals surface area contributed by atoms with Gasteiger partial charge in [-0.05, 0) is 66.8 Å². The predicted octanol–water partition coefficient (Wildman–Crippen LogP) is 1.64. The van der Waals surface area contributed by atoms with Gasteiger partial charge in [-0.15, -0.1) is 5.10 Å². The average molecular weight is 456 g/mol. The summed E-state index contributed by atoms with van der Waals surface area (Å²) >= 11 is 0. The van der Waals surface area contributed by atoms with Crippen LogP contribution in [0.15, 0.2) is 28.5 Å². The number of hydrogen-bond acceptors (Lipinski definition) is 7. The molecule has 0 unspecified atom stereocenters. The summed E-state index contributed by atoms with van der Waals surface area (Å²) < 4.78 is 27.2. The van der Waals surface area contributed by atoms with E-state index in [-0.39, 0.29) is 28.6 Å². The van der Waals surface area contributed by atoms with E-state index >= 15 is 0 Å². The molecule has 1 amide bonds. The first kappa shape index (κ1) is 20.7. The first-order valence-corrected chi connectivity index (χ1v) is 12.2. The number of sulfone groups is 1. The smallest absolute Gasteiger partial charge is 0.260 e. The molecule has 2 aromatic heterocycles. The molecule has 0 radical (unpaired) electrons. The Morgan fingerprint density at radius 3 is 2.50 bits per heavy atom. The van der Waals surface area contributed by atoms with Crippen LogP contribution in [0.1, 0.15) is 35.1 Å². The number of nitrogens with one attached hydrogen (secondary N) is 2. The molecular formula is C21H25N7O3S. The van der Waals surface area contributed by atoms with Crippen molar-refractivity contribution in [2.45, 2.75) is 55.3 Å². The molecule has 1 aromatic carbocycles. The van der Waals surface area contributed by atoms with Gasteiger partial charge in [0.05, 0.1) is 0 Å². The zero-order valence-electron chi connectivity index (χ0n) is 18.1. The Kier molecular flexibility index (Phi) is 5.00. The van der Waals surface area contributed by atoms with Gasteiger partial charge in [0.2, 0.25) is 11.9 Å². The minimum absolute atomic E-state index is 0.0457. The Morgan fingerprint density at radius 1 is 1.16 bits per heavy atom. The Labute approximate surface area is 186 Å². The lowest BCUT2D eigenvalue weighted by Gasteiger charge is -2.15. The number of aromatic nitrogens is 5. The van der Waals surface area contributed by atoms with Crippen LogP contribution in [0.2, 0.25) is 0 Å². The number of fused-ring (bicyclic) bond motifs is 2. The molecule has 0 aliphatic heterocycles. The molecule has 2 heterocycles. The third-order valence-electron chi connectivity index (χ3n) is 6.12. The lowest BCUT2D eigenvalue weighted by atomic mass is 9.99. The number of nitrogens with zero attached hydrogens (tertiary/aromatic N) is 5. The Balaban J connectivity index is 1.40. The zero-order chi connectivity index (χ0) is 22.5. The molecule has 2 aliphatic rings. The van der Waals surface area contributed by atoms with Crippen LogP contribution < -0.4 is 5.32 Å². The summed E-state index contributed by atoms with van der Waals surface area (Å²) in [4.78, 5) is 17.5. The van der Waals surface area contributed by atoms with E-state index < -0.39 is 9.84 Å². The highest BCUT2D eigenvalue weighted by Gasteiger charge is 2.28. The van der Waals surface area contributed by atoms with Gasteiger partial charge in [-0.25, -0.2) is 13.5 Å². The number of hydrogen-bond donors (Lipinski definition) is 2. The number of H-pyrrole nitrogens is 1. The van der Waals surface area contributed by atoms with Gasteiger partial charge in [-0.3, -0.25) is 9.48 Å². The fraction of sp³-hybridized carbons (Fsp3) is 0.429. The molecule has 32 heavy (non-hydrogen) atoms. The van der Waals surface area contributed by atoms with E-state index in [0.29, 0.717) is 0 Å². The minimum atomic E-state index is -3.99. The van der Waals surface area contributed by atoms with Crippen LogP contribution in [0, 0.1) is 0 Å². The predicted molar refractivity (Wildman–Crippen MR) is 117 cm³/mol. The van der Waals surface area contributed by atoms with Crippen molar-refractivity contribution in [3.8, 4) is 0 Å². The lowest BCUT2D eigenvalue weighted by molar-refractivity contribution is -0.129. The molecule has 168 valence electrons. The third kappa shape index (κ3) is 3.56. The zero-order valence-corrected chi connectivity index (χ0v) is 18.9. The summed E-state index contributed by atoms with van der Waals surface area (Å²) in [5.74, 6) is 0.0336. The van der Waals surface area contributed by atoms with Crippen molar-refractivity contribution in [1.82, 2.24) is 29.9 Å². The molecule has 0 saturated carbocycles. The van der Waals surface area contributed by atoms with Gasteiger partial charge in [0.25, 0.3) is 15.0 Å². The third-order valence-corrected chi connectivity index (χ3v) is 7.58. The number of carbonyl (C=O) groups is 1. The summed E-state index contributed by atoms with van der Waals surface area (Å²) in [6.07, 6.45) is 7.86. The summed E-state index contributed by atoms with van der Waals surface area (Å²) in [6.45, 7) is -0.0457. The van der Waals surface area contributed by atoms with Gasteiger partial charge >= 0.3 is 0 Å². The fourth-order valence-electron chi connectivity index (χ4n) is 4.46. The molecule has 2 N–H and O–H groups in total. The molecule has 3 aromatic rings. The van der Waals surface area contributed by atoms with E-state index in [2.05, 4.69) is 31.7 Å². The number of benzene rings is 1. The maximum Gasteiger partial charge on any atom is 0.260 e. The highest BCUT2D eigenvalue weighted by molar-refractivity contribution is 7.91. The summed E-state index contributed by atoms with van der Waals surface area (Å²) in [5.41, 5.74) is 6.37. The van der Waals surface area contributed by atoms with Crippen LogP contribution in [0.25, 0.3) is 0 Å². The van der Waals surface area contributed by atoms with Gasteiger partial charge in [0.1, 0.15) is 6.54 Å². The molecule has 0 saturated heterocycles. The van der Waals surface area contributed by atoms with Crippen LogP contribution in [-0.4, -0.2) is 58.3 Å². The maximum atomic E-state index is 13.0. The topological polar surface area (TPSA) is 126 Å². The molecule has 2 aliphatic carbocycles. The fourth-order valence-corrected chi connectivity index (χ4v) is 5.48. The second kappa shape index (κ2) is 7.73. The van der Waals surface area contributed by atoms with Crippen LogP contribution in [0.4, 0.5) is 11.6 Å². The van der Waals surface area contributed by atoms with Crippen LogP contribution >= 0.6 is 0 Å². The largest absolute Gasteiger partial charge is 0.347 e. The second-order valence-electron chi connectivity index (χ2n) is 8.47. The van der Waals surface area contributed by atoms with E-state index in [4.69, 9.17) is 0 Å². The van der Waals surface area contributed by atoms with Crippen LogP contribution in [0.5, 0.6) is 0 Å². The van der Waals surface area contributed by atoms with Crippen molar-refractivity contribution >= 4 is 27.4 Å². The molecule has 0 atom stereocenters. The highest BCUT2D eigenvalue weighted by Crippen LogP contribution is 2.39. The number of aromatic amines is 1. The molecule has 5 rings (SSSR count). The molecule has 0 bridgehead atoms. The molecule has 0 fully saturated rings. The normalized spacial score (nSPS) is 14.9. The minimum Gasteiger partial charge on any atom is -0.347 e. The van der Waals surface area contributed by atoms with E-state index in [0.717, 1.165) is 44.2 Å². The van der Waals surface area contributed by atoms with Crippen molar-refractivity contribution in [1.29, 1.82) is 0 Å². The average Bonchev–Trinajstić information content (AvgIpc) is 3.54. The molecule has 11 heteroatoms. The SMILES string of the molecule is CN(C)C(=O)Cn1ccc(S(=O)(=O)c2nc(Nc3c4c(cc5c3CCC5)CCC4)n[nH]2)n1. The lowest BCUT2D eigenvalue weighted by Crippen LogP contribution is -2.26. The number of rotatable bonds is 6. The number of likely N-dealkylation sites (N-methyl/N-ethyl adjacent to an activating group) is 1. The maximum absolute atomic E-state index is 13.0. The van der Waals surface area contributed by atoms with Gasteiger partial charge < -0.3 is 10.2 Å². The number of anilines is 2. The quantitative estimate of drug-likeness (QED) is 0.579. The van der Waals surface area contributed by atoms with Crippen molar-refractivity contribution in [2.75, 3.05) is 19.4 Å². The van der Waals surface area contributed by atoms with Gasteiger partial charge in [-0.1, -0.05) is 6.07 Å². The summed E-state index contributed by atoms with van der Waals surface area (Å²) in [5, 5.41) is 13.5.